The van der Waals surface area contributed by atoms with E-state index < -0.39 is 12.1 Å². The van der Waals surface area contributed by atoms with E-state index >= 15 is 0 Å². The summed E-state index contributed by atoms with van der Waals surface area (Å²) in [6.45, 7) is 12.8. The van der Waals surface area contributed by atoms with E-state index in [4.69, 9.17) is 9.84 Å². The lowest BCUT2D eigenvalue weighted by atomic mass is 9.47. The maximum Gasteiger partial charge on any atom is 0.407 e. The summed E-state index contributed by atoms with van der Waals surface area (Å²) >= 11 is 0. The zero-order valence-corrected chi connectivity index (χ0v) is 24.2. The summed E-state index contributed by atoms with van der Waals surface area (Å²) in [7, 11) is 0. The van der Waals surface area contributed by atoms with E-state index in [-0.39, 0.29) is 17.9 Å². The number of nitrogens with one attached hydrogen (secondary N) is 1. The second-order valence-corrected chi connectivity index (χ2v) is 14.0. The number of carbonyl (C=O) groups is 2. The highest BCUT2D eigenvalue weighted by Gasteiger charge is 2.59. The van der Waals surface area contributed by atoms with Gasteiger partial charge in [0.25, 0.3) is 0 Å². The predicted molar refractivity (Wildman–Crippen MR) is 148 cm³/mol. The van der Waals surface area contributed by atoms with Gasteiger partial charge in [0.1, 0.15) is 6.10 Å². The molecule has 210 valence electrons. The number of carbonyl (C=O) groups excluding carboxylic acids is 1. The van der Waals surface area contributed by atoms with Crippen LogP contribution in [0.25, 0.3) is 0 Å². The van der Waals surface area contributed by atoms with Crippen LogP contribution in [0, 0.1) is 46.3 Å². The van der Waals surface area contributed by atoms with Crippen molar-refractivity contribution in [2.24, 2.45) is 46.3 Å². The second-order valence-electron chi connectivity index (χ2n) is 14.0. The third-order valence-corrected chi connectivity index (χ3v) is 11.4. The number of hydrogen-bond donors (Lipinski definition) is 2. The van der Waals surface area contributed by atoms with Crippen molar-refractivity contribution in [1.82, 2.24) is 5.32 Å². The van der Waals surface area contributed by atoms with Gasteiger partial charge in [0.2, 0.25) is 0 Å². The standard InChI is InChI=1S/C32H53NO4/c1-21(2)8-6-9-22(3)26-13-14-27-25-12-11-23-20-24(37-30(36)33-19-7-10-29(34)35)15-17-31(23,4)28(25)16-18-32(26,27)5/h11,21-22,24-28H,6-10,12-20H2,1-5H3,(H,33,36)(H,34,35)/t22-,24?,25+,26-,27+,28+,31+,32-/m1/s1. The fraction of sp³-hybridized carbons (Fsp3) is 0.875. The molecule has 5 heteroatoms. The first-order chi connectivity index (χ1) is 17.5. The molecule has 0 aromatic carbocycles. The van der Waals surface area contributed by atoms with Crippen molar-refractivity contribution in [2.45, 2.75) is 124 Å². The fourth-order valence-corrected chi connectivity index (χ4v) is 9.38. The summed E-state index contributed by atoms with van der Waals surface area (Å²) in [5.74, 6) is 4.17. The van der Waals surface area contributed by atoms with E-state index in [0.717, 1.165) is 54.8 Å². The molecular weight excluding hydrogens is 462 g/mol. The van der Waals surface area contributed by atoms with Crippen LogP contribution in [0.2, 0.25) is 0 Å². The number of aliphatic carboxylic acids is 1. The lowest BCUT2D eigenvalue weighted by molar-refractivity contribution is -0.137. The monoisotopic (exact) mass is 515 g/mol. The van der Waals surface area contributed by atoms with E-state index in [0.29, 0.717) is 18.4 Å². The van der Waals surface area contributed by atoms with Gasteiger partial charge in [0, 0.05) is 19.4 Å². The van der Waals surface area contributed by atoms with Gasteiger partial charge in [-0.05, 0) is 97.7 Å². The Morgan fingerprint density at radius 1 is 1.05 bits per heavy atom. The first kappa shape index (κ1) is 28.5. The zero-order valence-electron chi connectivity index (χ0n) is 24.2. The number of rotatable bonds is 10. The average molecular weight is 516 g/mol. The minimum Gasteiger partial charge on any atom is -0.481 e. The average Bonchev–Trinajstić information content (AvgIpc) is 3.19. The second kappa shape index (κ2) is 11.7. The van der Waals surface area contributed by atoms with Crippen molar-refractivity contribution in [1.29, 1.82) is 0 Å². The van der Waals surface area contributed by atoms with Crippen LogP contribution in [0.1, 0.15) is 118 Å². The van der Waals surface area contributed by atoms with Crippen molar-refractivity contribution < 1.29 is 19.4 Å². The van der Waals surface area contributed by atoms with Gasteiger partial charge < -0.3 is 15.2 Å². The molecule has 0 aromatic heterocycles. The SMILES string of the molecule is CC(C)CCC[C@@H](C)[C@H]1CC[C@H]2[C@@H]3CC=C4CC(OC(=O)NCCCC(=O)O)CC[C@]4(C)[C@H]3CC[C@]12C. The molecule has 1 unspecified atom stereocenters. The molecule has 2 N–H and O–H groups in total. The molecule has 0 aromatic rings. The van der Waals surface area contributed by atoms with Crippen molar-refractivity contribution in [3.63, 3.8) is 0 Å². The summed E-state index contributed by atoms with van der Waals surface area (Å²) in [6.07, 6.45) is 16.4. The van der Waals surface area contributed by atoms with Gasteiger partial charge in [0.05, 0.1) is 0 Å². The molecule has 3 saturated carbocycles. The third-order valence-electron chi connectivity index (χ3n) is 11.4. The van der Waals surface area contributed by atoms with Gasteiger partial charge in [-0.3, -0.25) is 4.79 Å². The minimum atomic E-state index is -0.837. The molecule has 1 amide bonds. The summed E-state index contributed by atoms with van der Waals surface area (Å²) in [5.41, 5.74) is 2.30. The number of ether oxygens (including phenoxy) is 1. The summed E-state index contributed by atoms with van der Waals surface area (Å²) in [4.78, 5) is 22.9. The van der Waals surface area contributed by atoms with Gasteiger partial charge >= 0.3 is 12.1 Å². The zero-order chi connectivity index (χ0) is 26.8. The Hall–Kier alpha value is -1.52. The van der Waals surface area contributed by atoms with Crippen LogP contribution in [0.4, 0.5) is 4.79 Å². The molecule has 3 fully saturated rings. The van der Waals surface area contributed by atoms with Crippen LogP contribution < -0.4 is 5.32 Å². The highest BCUT2D eigenvalue weighted by Crippen LogP contribution is 2.67. The number of amides is 1. The molecular formula is C32H53NO4. The van der Waals surface area contributed by atoms with Crippen molar-refractivity contribution in [2.75, 3.05) is 6.54 Å². The Labute approximate surface area is 225 Å². The van der Waals surface area contributed by atoms with E-state index in [1.807, 2.05) is 0 Å². The highest BCUT2D eigenvalue weighted by molar-refractivity contribution is 5.68. The normalized spacial score (nSPS) is 37.7. The van der Waals surface area contributed by atoms with Crippen LogP contribution >= 0.6 is 0 Å². The van der Waals surface area contributed by atoms with Crippen molar-refractivity contribution >= 4 is 12.1 Å². The van der Waals surface area contributed by atoms with E-state index in [1.165, 1.54) is 56.9 Å². The number of alkyl carbamates (subject to hydrolysis) is 1. The molecule has 4 rings (SSSR count). The molecule has 0 saturated heterocycles. The molecule has 0 radical (unpaired) electrons. The van der Waals surface area contributed by atoms with Crippen molar-refractivity contribution in [3.05, 3.63) is 11.6 Å². The largest absolute Gasteiger partial charge is 0.481 e. The third kappa shape index (κ3) is 6.06. The van der Waals surface area contributed by atoms with Crippen LogP contribution in [0.15, 0.2) is 11.6 Å². The number of hydrogen-bond acceptors (Lipinski definition) is 3. The lowest BCUT2D eigenvalue weighted by Gasteiger charge is -2.58. The first-order valence-corrected chi connectivity index (χ1v) is 15.4. The van der Waals surface area contributed by atoms with Crippen LogP contribution in [0.3, 0.4) is 0 Å². The predicted octanol–water partition coefficient (Wildman–Crippen LogP) is 7.99. The van der Waals surface area contributed by atoms with Gasteiger partial charge in [0.15, 0.2) is 0 Å². The van der Waals surface area contributed by atoms with Gasteiger partial charge in [-0.2, -0.15) is 0 Å². The van der Waals surface area contributed by atoms with Gasteiger partial charge in [-0.1, -0.05) is 65.5 Å². The highest BCUT2D eigenvalue weighted by atomic mass is 16.6. The minimum absolute atomic E-state index is 0.0632. The Kier molecular flexibility index (Phi) is 9.01. The van der Waals surface area contributed by atoms with Gasteiger partial charge in [-0.25, -0.2) is 4.79 Å². The lowest BCUT2D eigenvalue weighted by Crippen LogP contribution is -2.51. The molecule has 8 atom stereocenters. The molecule has 5 nitrogen and oxygen atoms in total. The Bertz CT molecular complexity index is 852. The quantitative estimate of drug-likeness (QED) is 0.228. The molecule has 4 aliphatic carbocycles. The molecule has 0 spiro atoms. The molecule has 37 heavy (non-hydrogen) atoms. The number of carboxylic acid groups (broad SMARTS) is 1. The van der Waals surface area contributed by atoms with Gasteiger partial charge in [-0.15, -0.1) is 0 Å². The van der Waals surface area contributed by atoms with Crippen molar-refractivity contribution in [3.8, 4) is 0 Å². The molecule has 0 heterocycles. The Balaban J connectivity index is 1.35. The maximum absolute atomic E-state index is 12.3. The van der Waals surface area contributed by atoms with E-state index in [9.17, 15) is 9.59 Å². The fourth-order valence-electron chi connectivity index (χ4n) is 9.38. The smallest absolute Gasteiger partial charge is 0.407 e. The molecule has 4 aliphatic rings. The van der Waals surface area contributed by atoms with Crippen LogP contribution in [-0.4, -0.2) is 29.8 Å². The Morgan fingerprint density at radius 2 is 1.84 bits per heavy atom. The van der Waals surface area contributed by atoms with E-state index in [1.54, 1.807) is 0 Å². The van der Waals surface area contributed by atoms with Crippen LogP contribution in [-0.2, 0) is 9.53 Å². The number of carboxylic acids is 1. The topological polar surface area (TPSA) is 75.6 Å². The first-order valence-electron chi connectivity index (χ1n) is 15.4. The van der Waals surface area contributed by atoms with E-state index in [2.05, 4.69) is 46.0 Å². The number of fused-ring (bicyclic) bond motifs is 5. The summed E-state index contributed by atoms with van der Waals surface area (Å²) in [6, 6.07) is 0. The van der Waals surface area contributed by atoms with Crippen LogP contribution in [0.5, 0.6) is 0 Å². The Morgan fingerprint density at radius 3 is 2.57 bits per heavy atom. The molecule has 0 bridgehead atoms. The number of allylic oxidation sites excluding steroid dienone is 1. The molecule has 0 aliphatic heterocycles. The summed E-state index contributed by atoms with van der Waals surface area (Å²) < 4.78 is 5.76. The summed E-state index contributed by atoms with van der Waals surface area (Å²) in [5, 5.41) is 11.5. The maximum atomic E-state index is 12.3.